The highest BCUT2D eigenvalue weighted by molar-refractivity contribution is 7.99. The van der Waals surface area contributed by atoms with Gasteiger partial charge in [0.15, 0.2) is 0 Å². The number of sulfonamides is 1. The van der Waals surface area contributed by atoms with Gasteiger partial charge in [0.25, 0.3) is 0 Å². The Morgan fingerprint density at radius 2 is 1.93 bits per heavy atom. The van der Waals surface area contributed by atoms with Crippen LogP contribution in [-0.2, 0) is 20.6 Å². The minimum atomic E-state index is -3.34. The van der Waals surface area contributed by atoms with Crippen LogP contribution in [0.5, 0.6) is 0 Å². The van der Waals surface area contributed by atoms with Gasteiger partial charge in [-0.1, -0.05) is 24.3 Å². The van der Waals surface area contributed by atoms with Crippen molar-refractivity contribution in [1.82, 2.24) is 5.32 Å². The summed E-state index contributed by atoms with van der Waals surface area (Å²) in [4.78, 5) is 12.1. The first kappa shape index (κ1) is 20.8. The second kappa shape index (κ2) is 9.44. The van der Waals surface area contributed by atoms with Gasteiger partial charge in [-0.2, -0.15) is 5.26 Å². The van der Waals surface area contributed by atoms with E-state index in [2.05, 4.69) is 16.1 Å². The number of rotatable bonds is 8. The van der Waals surface area contributed by atoms with E-state index in [0.29, 0.717) is 22.8 Å². The fraction of sp³-hybridized carbons (Fsp3) is 0.263. The SMILES string of the molecule is CC(NC(=O)CSCc1ccc(C#N)cc1)c1cccc(NS(C)(=O)=O)c1. The van der Waals surface area contributed by atoms with Gasteiger partial charge in [0.1, 0.15) is 0 Å². The van der Waals surface area contributed by atoms with Crippen molar-refractivity contribution in [3.8, 4) is 6.07 Å². The molecular formula is C19H21N3O3S2. The maximum Gasteiger partial charge on any atom is 0.230 e. The van der Waals surface area contributed by atoms with Gasteiger partial charge >= 0.3 is 0 Å². The Hall–Kier alpha value is -2.50. The first-order chi connectivity index (χ1) is 12.8. The summed E-state index contributed by atoms with van der Waals surface area (Å²) in [5.74, 6) is 0.898. The summed E-state index contributed by atoms with van der Waals surface area (Å²) >= 11 is 1.49. The summed E-state index contributed by atoms with van der Waals surface area (Å²) in [6, 6.07) is 16.1. The average molecular weight is 404 g/mol. The van der Waals surface area contributed by atoms with Crippen LogP contribution < -0.4 is 10.0 Å². The Morgan fingerprint density at radius 1 is 1.22 bits per heavy atom. The van der Waals surface area contributed by atoms with Crippen LogP contribution in [0.1, 0.15) is 29.7 Å². The average Bonchev–Trinajstić information content (AvgIpc) is 2.61. The summed E-state index contributed by atoms with van der Waals surface area (Å²) in [5, 5.41) is 11.7. The number of benzene rings is 2. The molecule has 1 amide bonds. The first-order valence-electron chi connectivity index (χ1n) is 8.21. The molecule has 0 bridgehead atoms. The summed E-state index contributed by atoms with van der Waals surface area (Å²) in [6.07, 6.45) is 1.09. The maximum atomic E-state index is 12.1. The Morgan fingerprint density at radius 3 is 2.56 bits per heavy atom. The van der Waals surface area contributed by atoms with Crippen molar-refractivity contribution in [3.63, 3.8) is 0 Å². The van der Waals surface area contributed by atoms with Gasteiger partial charge in [-0.15, -0.1) is 11.8 Å². The van der Waals surface area contributed by atoms with Crippen molar-refractivity contribution < 1.29 is 13.2 Å². The van der Waals surface area contributed by atoms with E-state index in [9.17, 15) is 13.2 Å². The van der Waals surface area contributed by atoms with Crippen LogP contribution in [0.25, 0.3) is 0 Å². The van der Waals surface area contributed by atoms with Crippen LogP contribution in [0.4, 0.5) is 5.69 Å². The fourth-order valence-electron chi connectivity index (χ4n) is 2.39. The number of hydrogen-bond acceptors (Lipinski definition) is 5. The summed E-state index contributed by atoms with van der Waals surface area (Å²) in [7, 11) is -3.34. The zero-order valence-electron chi connectivity index (χ0n) is 15.1. The van der Waals surface area contributed by atoms with Crippen LogP contribution in [-0.4, -0.2) is 26.3 Å². The molecule has 0 saturated heterocycles. The molecule has 0 aromatic heterocycles. The highest BCUT2D eigenvalue weighted by Gasteiger charge is 2.11. The van der Waals surface area contributed by atoms with E-state index in [0.717, 1.165) is 17.4 Å². The number of anilines is 1. The Bertz CT molecular complexity index is 935. The number of nitriles is 1. The van der Waals surface area contributed by atoms with E-state index in [-0.39, 0.29) is 11.9 Å². The van der Waals surface area contributed by atoms with E-state index in [4.69, 9.17) is 5.26 Å². The minimum absolute atomic E-state index is 0.0948. The van der Waals surface area contributed by atoms with Gasteiger partial charge in [-0.25, -0.2) is 8.42 Å². The third-order valence-corrected chi connectivity index (χ3v) is 5.26. The summed E-state index contributed by atoms with van der Waals surface area (Å²) in [5.41, 5.74) is 2.95. The molecule has 0 aliphatic heterocycles. The standard InChI is InChI=1S/C19H21N3O3S2/c1-14(17-4-3-5-18(10-17)22-27(2,24)25)21-19(23)13-26-12-16-8-6-15(11-20)7-9-16/h3-10,14,22H,12-13H2,1-2H3,(H,21,23). The quantitative estimate of drug-likeness (QED) is 0.706. The molecule has 2 rings (SSSR count). The fourth-order valence-corrected chi connectivity index (χ4v) is 3.74. The van der Waals surface area contributed by atoms with E-state index >= 15 is 0 Å². The van der Waals surface area contributed by atoms with Gasteiger partial charge in [0, 0.05) is 11.4 Å². The predicted molar refractivity (Wildman–Crippen MR) is 109 cm³/mol. The number of hydrogen-bond donors (Lipinski definition) is 2. The smallest absolute Gasteiger partial charge is 0.230 e. The van der Waals surface area contributed by atoms with Crippen LogP contribution in [0.2, 0.25) is 0 Å². The van der Waals surface area contributed by atoms with E-state index in [1.54, 1.807) is 30.3 Å². The maximum absolute atomic E-state index is 12.1. The molecule has 1 atom stereocenters. The molecular weight excluding hydrogens is 382 g/mol. The summed E-state index contributed by atoms with van der Waals surface area (Å²) in [6.45, 7) is 1.85. The number of nitrogens with zero attached hydrogens (tertiary/aromatic N) is 1. The number of amides is 1. The molecule has 0 heterocycles. The van der Waals surface area contributed by atoms with Gasteiger partial charge in [-0.3, -0.25) is 9.52 Å². The normalized spacial score (nSPS) is 12.0. The molecule has 8 heteroatoms. The molecule has 0 saturated carbocycles. The van der Waals surface area contributed by atoms with Crippen molar-refractivity contribution in [1.29, 1.82) is 5.26 Å². The molecule has 142 valence electrons. The van der Waals surface area contributed by atoms with Crippen molar-refractivity contribution >= 4 is 33.4 Å². The van der Waals surface area contributed by atoms with Crippen molar-refractivity contribution in [2.75, 3.05) is 16.7 Å². The zero-order chi connectivity index (χ0) is 19.9. The molecule has 0 fully saturated rings. The molecule has 2 aromatic carbocycles. The number of nitrogens with one attached hydrogen (secondary N) is 2. The lowest BCUT2D eigenvalue weighted by molar-refractivity contribution is -0.119. The third-order valence-electron chi connectivity index (χ3n) is 3.65. The van der Waals surface area contributed by atoms with Gasteiger partial charge in [0.2, 0.25) is 15.9 Å². The van der Waals surface area contributed by atoms with Crippen LogP contribution in [0.15, 0.2) is 48.5 Å². The lowest BCUT2D eigenvalue weighted by Crippen LogP contribution is -2.28. The first-order valence-corrected chi connectivity index (χ1v) is 11.3. The summed E-state index contributed by atoms with van der Waals surface area (Å²) < 4.78 is 25.1. The molecule has 6 nitrogen and oxygen atoms in total. The van der Waals surface area contributed by atoms with Crippen molar-refractivity contribution in [2.45, 2.75) is 18.7 Å². The lowest BCUT2D eigenvalue weighted by atomic mass is 10.1. The molecule has 1 unspecified atom stereocenters. The van der Waals surface area contributed by atoms with Crippen LogP contribution in [0, 0.1) is 11.3 Å². The molecule has 0 aliphatic carbocycles. The van der Waals surface area contributed by atoms with Crippen molar-refractivity contribution in [2.24, 2.45) is 0 Å². The Kier molecular flexibility index (Phi) is 7.28. The zero-order valence-corrected chi connectivity index (χ0v) is 16.7. The third kappa shape index (κ3) is 7.33. The second-order valence-electron chi connectivity index (χ2n) is 6.09. The largest absolute Gasteiger partial charge is 0.349 e. The highest BCUT2D eigenvalue weighted by atomic mass is 32.2. The number of carbonyl (C=O) groups excluding carboxylic acids is 1. The van der Waals surface area contributed by atoms with Crippen LogP contribution >= 0.6 is 11.8 Å². The Labute approximate surface area is 164 Å². The van der Waals surface area contributed by atoms with E-state index in [1.807, 2.05) is 25.1 Å². The predicted octanol–water partition coefficient (Wildman–Crippen LogP) is 3.04. The molecule has 2 aromatic rings. The van der Waals surface area contributed by atoms with Crippen molar-refractivity contribution in [3.05, 3.63) is 65.2 Å². The molecule has 27 heavy (non-hydrogen) atoms. The topological polar surface area (TPSA) is 99.1 Å². The van der Waals surface area contributed by atoms with Gasteiger partial charge < -0.3 is 5.32 Å². The number of thioether (sulfide) groups is 1. The minimum Gasteiger partial charge on any atom is -0.349 e. The molecule has 2 N–H and O–H groups in total. The highest BCUT2D eigenvalue weighted by Crippen LogP contribution is 2.19. The molecule has 0 spiro atoms. The Balaban J connectivity index is 1.84. The lowest BCUT2D eigenvalue weighted by Gasteiger charge is -2.15. The second-order valence-corrected chi connectivity index (χ2v) is 8.82. The van der Waals surface area contributed by atoms with Gasteiger partial charge in [0.05, 0.1) is 29.7 Å². The van der Waals surface area contributed by atoms with E-state index < -0.39 is 10.0 Å². The van der Waals surface area contributed by atoms with Gasteiger partial charge in [-0.05, 0) is 42.3 Å². The van der Waals surface area contributed by atoms with Crippen LogP contribution in [0.3, 0.4) is 0 Å². The monoisotopic (exact) mass is 403 g/mol. The van der Waals surface area contributed by atoms with E-state index in [1.165, 1.54) is 11.8 Å². The number of carbonyl (C=O) groups is 1. The molecule has 0 radical (unpaired) electrons. The molecule has 0 aliphatic rings.